The second-order valence-electron chi connectivity index (χ2n) is 8.88. The smallest absolute Gasteiger partial charge is 0.262 e. The fourth-order valence-electron chi connectivity index (χ4n) is 4.64. The third-order valence-corrected chi connectivity index (χ3v) is 7.88. The Morgan fingerprint density at radius 1 is 1.12 bits per heavy atom. The minimum Gasteiger partial charge on any atom is -0.370 e. The molecule has 0 spiro atoms. The standard InChI is InChI=1S/C23H30ClN5O3S/c1-27-6-4-17(5-7-27)28-8-10-29(11-9-28)23(32)18(14-21(25)30)26-22(31)20-12-15-2-3-16(24)13-19(15)33-20/h2-3,12-13,17-18H,4-11,14H2,1H3,(H2,25,30)(H,26,31)/t18-/m0/s1. The fourth-order valence-corrected chi connectivity index (χ4v) is 5.88. The van der Waals surface area contributed by atoms with Gasteiger partial charge in [0.25, 0.3) is 5.91 Å². The summed E-state index contributed by atoms with van der Waals surface area (Å²) in [4.78, 5) is 44.8. The lowest BCUT2D eigenvalue weighted by Crippen LogP contribution is -2.58. The number of halogens is 1. The molecule has 2 fully saturated rings. The van der Waals surface area contributed by atoms with Gasteiger partial charge >= 0.3 is 0 Å². The van der Waals surface area contributed by atoms with Crippen molar-refractivity contribution in [2.45, 2.75) is 31.3 Å². The van der Waals surface area contributed by atoms with E-state index in [1.165, 1.54) is 11.3 Å². The zero-order valence-electron chi connectivity index (χ0n) is 18.8. The van der Waals surface area contributed by atoms with Gasteiger partial charge < -0.3 is 20.9 Å². The van der Waals surface area contributed by atoms with E-state index in [4.69, 9.17) is 17.3 Å². The van der Waals surface area contributed by atoms with Crippen LogP contribution in [-0.2, 0) is 9.59 Å². The van der Waals surface area contributed by atoms with Crippen LogP contribution in [0.1, 0.15) is 28.9 Å². The van der Waals surface area contributed by atoms with Crippen molar-refractivity contribution in [1.29, 1.82) is 0 Å². The number of hydrogen-bond acceptors (Lipinski definition) is 6. The molecule has 2 aliphatic heterocycles. The minimum absolute atomic E-state index is 0.226. The maximum Gasteiger partial charge on any atom is 0.262 e. The predicted molar refractivity (Wildman–Crippen MR) is 131 cm³/mol. The average Bonchev–Trinajstić information content (AvgIpc) is 3.22. The quantitative estimate of drug-likeness (QED) is 0.641. The number of piperazine rings is 1. The summed E-state index contributed by atoms with van der Waals surface area (Å²) in [6.07, 6.45) is 2.06. The average molecular weight is 492 g/mol. The van der Waals surface area contributed by atoms with Gasteiger partial charge in [0.1, 0.15) is 6.04 Å². The van der Waals surface area contributed by atoms with E-state index < -0.39 is 17.9 Å². The van der Waals surface area contributed by atoms with E-state index in [1.54, 1.807) is 23.1 Å². The van der Waals surface area contributed by atoms with Crippen molar-refractivity contribution >= 4 is 50.7 Å². The molecule has 33 heavy (non-hydrogen) atoms. The molecule has 0 radical (unpaired) electrons. The second kappa shape index (κ2) is 10.4. The number of piperidine rings is 1. The molecule has 3 amide bonds. The molecule has 1 atom stereocenters. The summed E-state index contributed by atoms with van der Waals surface area (Å²) in [5.74, 6) is -1.27. The van der Waals surface area contributed by atoms with Gasteiger partial charge in [-0.25, -0.2) is 0 Å². The molecule has 0 unspecified atom stereocenters. The van der Waals surface area contributed by atoms with Gasteiger partial charge in [-0.1, -0.05) is 17.7 Å². The van der Waals surface area contributed by atoms with E-state index in [0.29, 0.717) is 29.0 Å². The number of primary amides is 1. The van der Waals surface area contributed by atoms with Crippen molar-refractivity contribution in [2.75, 3.05) is 46.3 Å². The van der Waals surface area contributed by atoms with Gasteiger partial charge in [0.05, 0.1) is 11.3 Å². The minimum atomic E-state index is -0.973. The number of benzene rings is 1. The third-order valence-electron chi connectivity index (χ3n) is 6.55. The number of likely N-dealkylation sites (tertiary alicyclic amines) is 1. The number of rotatable bonds is 6. The molecule has 1 aromatic heterocycles. The predicted octanol–water partition coefficient (Wildman–Crippen LogP) is 1.77. The number of nitrogens with one attached hydrogen (secondary N) is 1. The van der Waals surface area contributed by atoms with Gasteiger partial charge in [-0.2, -0.15) is 0 Å². The van der Waals surface area contributed by atoms with Crippen molar-refractivity contribution in [3.8, 4) is 0 Å². The molecule has 8 nitrogen and oxygen atoms in total. The highest BCUT2D eigenvalue weighted by Gasteiger charge is 2.32. The van der Waals surface area contributed by atoms with Crippen LogP contribution in [0, 0.1) is 0 Å². The van der Waals surface area contributed by atoms with Crippen LogP contribution in [0.3, 0.4) is 0 Å². The van der Waals surface area contributed by atoms with Gasteiger partial charge in [-0.15, -0.1) is 11.3 Å². The molecule has 10 heteroatoms. The zero-order chi connectivity index (χ0) is 23.5. The molecule has 1 aromatic carbocycles. The summed E-state index contributed by atoms with van der Waals surface area (Å²) in [6, 6.07) is 6.76. The molecule has 2 aliphatic rings. The van der Waals surface area contributed by atoms with Gasteiger partial charge in [-0.05, 0) is 56.6 Å². The Morgan fingerprint density at radius 2 is 1.82 bits per heavy atom. The number of nitrogens with two attached hydrogens (primary N) is 1. The van der Waals surface area contributed by atoms with Crippen molar-refractivity contribution < 1.29 is 14.4 Å². The number of fused-ring (bicyclic) bond motifs is 1. The SMILES string of the molecule is CN1CCC(N2CCN(C(=O)[C@H](CC(N)=O)NC(=O)c3cc4ccc(Cl)cc4s3)CC2)CC1. The lowest BCUT2D eigenvalue weighted by Gasteiger charge is -2.42. The van der Waals surface area contributed by atoms with Gasteiger partial charge in [0.2, 0.25) is 11.8 Å². The summed E-state index contributed by atoms with van der Waals surface area (Å²) < 4.78 is 0.885. The Morgan fingerprint density at radius 3 is 2.48 bits per heavy atom. The van der Waals surface area contributed by atoms with Gasteiger partial charge in [-0.3, -0.25) is 19.3 Å². The Bertz CT molecular complexity index is 1030. The summed E-state index contributed by atoms with van der Waals surface area (Å²) >= 11 is 7.34. The largest absolute Gasteiger partial charge is 0.370 e. The molecule has 4 rings (SSSR count). The molecule has 178 valence electrons. The number of nitrogens with zero attached hydrogens (tertiary/aromatic N) is 3. The molecule has 2 saturated heterocycles. The number of carbonyl (C=O) groups excluding carboxylic acids is 3. The van der Waals surface area contributed by atoms with E-state index in [0.717, 1.165) is 49.1 Å². The van der Waals surface area contributed by atoms with E-state index in [9.17, 15) is 14.4 Å². The Hall–Kier alpha value is -2.20. The highest BCUT2D eigenvalue weighted by Crippen LogP contribution is 2.28. The van der Waals surface area contributed by atoms with E-state index in [1.807, 2.05) is 6.07 Å². The Labute approximate surface area is 202 Å². The molecule has 0 saturated carbocycles. The van der Waals surface area contributed by atoms with Crippen LogP contribution in [0.25, 0.3) is 10.1 Å². The van der Waals surface area contributed by atoms with Crippen LogP contribution < -0.4 is 11.1 Å². The highest BCUT2D eigenvalue weighted by molar-refractivity contribution is 7.20. The van der Waals surface area contributed by atoms with Crippen molar-refractivity contribution in [2.24, 2.45) is 5.73 Å². The third kappa shape index (κ3) is 5.84. The first-order valence-corrected chi connectivity index (χ1v) is 12.5. The summed E-state index contributed by atoms with van der Waals surface area (Å²) in [6.45, 7) is 4.96. The van der Waals surface area contributed by atoms with Crippen LogP contribution in [0.4, 0.5) is 0 Å². The fraction of sp³-hybridized carbons (Fsp3) is 0.522. The number of amides is 3. The second-order valence-corrected chi connectivity index (χ2v) is 10.4. The van der Waals surface area contributed by atoms with Crippen LogP contribution in [0.2, 0.25) is 5.02 Å². The first-order chi connectivity index (χ1) is 15.8. The monoisotopic (exact) mass is 491 g/mol. The summed E-state index contributed by atoms with van der Waals surface area (Å²) in [5.41, 5.74) is 5.40. The van der Waals surface area contributed by atoms with Gasteiger partial charge in [0.15, 0.2) is 0 Å². The van der Waals surface area contributed by atoms with Crippen molar-refractivity contribution in [1.82, 2.24) is 20.0 Å². The van der Waals surface area contributed by atoms with E-state index in [-0.39, 0.29) is 12.3 Å². The van der Waals surface area contributed by atoms with E-state index in [2.05, 4.69) is 22.2 Å². The van der Waals surface area contributed by atoms with Crippen LogP contribution in [-0.4, -0.2) is 90.8 Å². The van der Waals surface area contributed by atoms with Gasteiger partial charge in [0, 0.05) is 41.9 Å². The molecular formula is C23H30ClN5O3S. The van der Waals surface area contributed by atoms with Crippen LogP contribution in [0.15, 0.2) is 24.3 Å². The summed E-state index contributed by atoms with van der Waals surface area (Å²) in [7, 11) is 2.15. The lowest BCUT2D eigenvalue weighted by molar-refractivity contribution is -0.137. The molecule has 0 aliphatic carbocycles. The summed E-state index contributed by atoms with van der Waals surface area (Å²) in [5, 5.41) is 4.24. The Kier molecular flexibility index (Phi) is 7.53. The lowest BCUT2D eigenvalue weighted by atomic mass is 10.0. The zero-order valence-corrected chi connectivity index (χ0v) is 20.3. The molecular weight excluding hydrogens is 462 g/mol. The maximum absolute atomic E-state index is 13.2. The van der Waals surface area contributed by atoms with Crippen LogP contribution >= 0.6 is 22.9 Å². The molecule has 3 N–H and O–H groups in total. The topological polar surface area (TPSA) is 99.0 Å². The van der Waals surface area contributed by atoms with Crippen molar-refractivity contribution in [3.05, 3.63) is 34.2 Å². The Balaban J connectivity index is 1.38. The van der Waals surface area contributed by atoms with E-state index >= 15 is 0 Å². The number of hydrogen-bond donors (Lipinski definition) is 2. The van der Waals surface area contributed by atoms with Crippen molar-refractivity contribution in [3.63, 3.8) is 0 Å². The first kappa shape index (κ1) is 23.9. The van der Waals surface area contributed by atoms with Crippen LogP contribution in [0.5, 0.6) is 0 Å². The normalized spacial score (nSPS) is 19.5. The first-order valence-electron chi connectivity index (χ1n) is 11.3. The number of thiophene rings is 1. The molecule has 0 bridgehead atoms. The number of carbonyl (C=O) groups is 3. The molecule has 2 aromatic rings. The highest BCUT2D eigenvalue weighted by atomic mass is 35.5. The molecule has 3 heterocycles. The maximum atomic E-state index is 13.2.